The summed E-state index contributed by atoms with van der Waals surface area (Å²) in [6.07, 6.45) is 0.741. The molecule has 5 nitrogen and oxygen atoms in total. The van der Waals surface area contributed by atoms with E-state index in [-0.39, 0.29) is 28.5 Å². The largest absolute Gasteiger partial charge is 0.496 e. The molecular weight excluding hydrogens is 440 g/mol. The summed E-state index contributed by atoms with van der Waals surface area (Å²) in [6, 6.07) is 13.9. The van der Waals surface area contributed by atoms with Crippen LogP contribution in [0.5, 0.6) is 5.75 Å². The Morgan fingerprint density at radius 1 is 1.00 bits per heavy atom. The number of fused-ring (bicyclic) bond motifs is 1. The van der Waals surface area contributed by atoms with Crippen molar-refractivity contribution >= 4 is 47.9 Å². The molecule has 0 bridgehead atoms. The number of methoxy groups -OCH3 is 1. The maximum absolute atomic E-state index is 11.5. The number of ether oxygens (including phenoxy) is 1. The van der Waals surface area contributed by atoms with Crippen LogP contribution in [0.15, 0.2) is 42.5 Å². The Hall–Kier alpha value is -2.25. The molecule has 0 N–H and O–H groups in total. The number of aromatic nitrogens is 2. The number of ketones is 2. The van der Waals surface area contributed by atoms with Crippen LogP contribution in [0.3, 0.4) is 0 Å². The minimum atomic E-state index is 0.0744. The number of aryl methyl sites for hydroxylation is 1. The van der Waals surface area contributed by atoms with Gasteiger partial charge >= 0.3 is 0 Å². The molecule has 0 unspecified atom stereocenters. The van der Waals surface area contributed by atoms with E-state index in [9.17, 15) is 9.59 Å². The summed E-state index contributed by atoms with van der Waals surface area (Å²) in [5, 5.41) is 0. The highest BCUT2D eigenvalue weighted by Gasteiger charge is 2.17. The van der Waals surface area contributed by atoms with Crippen molar-refractivity contribution in [2.75, 3.05) is 18.6 Å². The van der Waals surface area contributed by atoms with Gasteiger partial charge in [0.05, 0.1) is 24.6 Å². The minimum Gasteiger partial charge on any atom is -0.496 e. The summed E-state index contributed by atoms with van der Waals surface area (Å²) >= 11 is 7.96. The molecule has 1 heterocycles. The first-order valence-corrected chi connectivity index (χ1v) is 11.7. The molecule has 172 valence electrons. The lowest BCUT2D eigenvalue weighted by atomic mass is 9.85. The van der Waals surface area contributed by atoms with Crippen molar-refractivity contribution in [2.24, 2.45) is 7.05 Å². The van der Waals surface area contributed by atoms with Crippen LogP contribution in [0.25, 0.3) is 11.0 Å². The molecule has 0 atom stereocenters. The molecule has 0 aliphatic heterocycles. The first-order valence-electron chi connectivity index (χ1n) is 10.4. The van der Waals surface area contributed by atoms with Gasteiger partial charge in [-0.15, -0.1) is 0 Å². The third-order valence-electron chi connectivity index (χ3n) is 5.12. The Balaban J connectivity index is 0.000000228. The van der Waals surface area contributed by atoms with Crippen LogP contribution in [-0.2, 0) is 34.9 Å². The number of para-hydroxylation sites is 2. The van der Waals surface area contributed by atoms with Gasteiger partial charge < -0.3 is 9.30 Å². The van der Waals surface area contributed by atoms with Gasteiger partial charge in [-0.25, -0.2) is 4.98 Å². The zero-order valence-corrected chi connectivity index (χ0v) is 21.2. The topological polar surface area (TPSA) is 61.2 Å². The zero-order valence-electron chi connectivity index (χ0n) is 19.4. The molecule has 0 aliphatic carbocycles. The summed E-state index contributed by atoms with van der Waals surface area (Å²) < 4.78 is 7.24. The number of nitrogens with zero attached hydrogens (tertiary/aromatic N) is 2. The number of carbonyl (C=O) groups excluding carboxylic acids is 2. The van der Waals surface area contributed by atoms with Gasteiger partial charge in [0, 0.05) is 30.5 Å². The lowest BCUT2D eigenvalue weighted by molar-refractivity contribution is -0.116. The number of rotatable bonds is 7. The van der Waals surface area contributed by atoms with Crippen LogP contribution < -0.4 is 4.74 Å². The van der Waals surface area contributed by atoms with Gasteiger partial charge in [0.15, 0.2) is 0 Å². The van der Waals surface area contributed by atoms with Gasteiger partial charge in [0.2, 0.25) is 0 Å². The fourth-order valence-corrected chi connectivity index (χ4v) is 3.46. The third-order valence-corrected chi connectivity index (χ3v) is 5.83. The van der Waals surface area contributed by atoms with E-state index in [2.05, 4.69) is 57.1 Å². The van der Waals surface area contributed by atoms with E-state index in [1.807, 2.05) is 48.0 Å². The van der Waals surface area contributed by atoms with Crippen molar-refractivity contribution in [1.29, 1.82) is 0 Å². The van der Waals surface area contributed by atoms with Gasteiger partial charge in [-0.1, -0.05) is 45.0 Å². The van der Waals surface area contributed by atoms with E-state index in [0.29, 0.717) is 12.8 Å². The maximum atomic E-state index is 11.5. The Morgan fingerprint density at radius 2 is 1.62 bits per heavy atom. The van der Waals surface area contributed by atoms with E-state index < -0.39 is 0 Å². The van der Waals surface area contributed by atoms with Crippen molar-refractivity contribution in [2.45, 2.75) is 39.0 Å². The summed E-state index contributed by atoms with van der Waals surface area (Å²) in [7, 11) is 3.55. The molecule has 0 saturated carbocycles. The highest BCUT2D eigenvalue weighted by atomic mass is 32.1. The van der Waals surface area contributed by atoms with E-state index in [4.69, 9.17) is 4.74 Å². The third kappa shape index (κ3) is 6.87. The number of thiol groups is 2. The SMILES string of the molecule is COc1ccc(C(C)(C)C)cc1CC(=O)CS.Cn1c(CC(=O)CS)nc2ccccc21. The second-order valence-corrected chi connectivity index (χ2v) is 9.23. The fraction of sp³-hybridized carbons (Fsp3) is 0.400. The lowest BCUT2D eigenvalue weighted by Crippen LogP contribution is -2.13. The van der Waals surface area contributed by atoms with Crippen molar-refractivity contribution in [3.05, 3.63) is 59.4 Å². The van der Waals surface area contributed by atoms with Gasteiger partial charge in [-0.3, -0.25) is 9.59 Å². The normalized spacial score (nSPS) is 11.1. The molecule has 0 spiro atoms. The first-order chi connectivity index (χ1) is 15.1. The average molecular weight is 473 g/mol. The number of hydrogen-bond acceptors (Lipinski definition) is 6. The molecule has 0 amide bonds. The number of carbonyl (C=O) groups is 2. The number of Topliss-reactive ketones (excluding diaryl/α,β-unsaturated/α-hetero) is 2. The van der Waals surface area contributed by atoms with Crippen LogP contribution >= 0.6 is 25.3 Å². The highest BCUT2D eigenvalue weighted by Crippen LogP contribution is 2.28. The summed E-state index contributed by atoms with van der Waals surface area (Å²) in [5.41, 5.74) is 4.21. The van der Waals surface area contributed by atoms with Crippen LogP contribution in [0.2, 0.25) is 0 Å². The van der Waals surface area contributed by atoms with E-state index in [0.717, 1.165) is 28.2 Å². The van der Waals surface area contributed by atoms with E-state index >= 15 is 0 Å². The lowest BCUT2D eigenvalue weighted by Gasteiger charge is -2.21. The van der Waals surface area contributed by atoms with Crippen LogP contribution in [0.1, 0.15) is 37.7 Å². The maximum Gasteiger partial charge on any atom is 0.149 e. The molecule has 3 rings (SSSR count). The van der Waals surface area contributed by atoms with Gasteiger partial charge in [0.1, 0.15) is 23.1 Å². The van der Waals surface area contributed by atoms with Crippen molar-refractivity contribution < 1.29 is 14.3 Å². The van der Waals surface area contributed by atoms with Crippen molar-refractivity contribution in [3.8, 4) is 5.75 Å². The van der Waals surface area contributed by atoms with Crippen LogP contribution in [0.4, 0.5) is 0 Å². The van der Waals surface area contributed by atoms with E-state index in [1.165, 1.54) is 5.56 Å². The highest BCUT2D eigenvalue weighted by molar-refractivity contribution is 7.81. The standard InChI is InChI=1S/C14H20O2S.C11H12N2OS/c1-14(2,3)11-5-6-13(16-4)10(7-11)8-12(15)9-17;1-13-10-5-3-2-4-9(10)12-11(13)6-8(14)7-15/h5-7,17H,8-9H2,1-4H3;2-5,15H,6-7H2,1H3. The zero-order chi connectivity index (χ0) is 23.9. The number of hydrogen-bond donors (Lipinski definition) is 2. The summed E-state index contributed by atoms with van der Waals surface area (Å²) in [5.74, 6) is 2.31. The predicted molar refractivity (Wildman–Crippen MR) is 138 cm³/mol. The van der Waals surface area contributed by atoms with Crippen LogP contribution in [-0.4, -0.2) is 39.7 Å². The fourth-order valence-electron chi connectivity index (χ4n) is 3.24. The first kappa shape index (κ1) is 26.0. The second-order valence-electron chi connectivity index (χ2n) is 8.60. The average Bonchev–Trinajstić information content (AvgIpc) is 3.08. The molecular formula is C25H32N2O3S2. The Kier molecular flexibility index (Phi) is 9.40. The van der Waals surface area contributed by atoms with Gasteiger partial charge in [0.25, 0.3) is 0 Å². The van der Waals surface area contributed by atoms with Gasteiger partial charge in [-0.05, 0) is 29.2 Å². The quantitative estimate of drug-likeness (QED) is 0.492. The molecule has 32 heavy (non-hydrogen) atoms. The molecule has 1 aromatic heterocycles. The Bertz CT molecular complexity index is 1080. The second kappa shape index (κ2) is 11.6. The number of imidazole rings is 1. The molecule has 0 radical (unpaired) electrons. The molecule has 0 aliphatic rings. The molecule has 3 aromatic rings. The Labute approximate surface area is 201 Å². The summed E-state index contributed by atoms with van der Waals surface area (Å²) in [6.45, 7) is 6.46. The van der Waals surface area contributed by atoms with E-state index in [1.54, 1.807) is 7.11 Å². The Morgan fingerprint density at radius 3 is 2.19 bits per heavy atom. The predicted octanol–water partition coefficient (Wildman–Crippen LogP) is 4.65. The molecule has 0 fully saturated rings. The molecule has 2 aromatic carbocycles. The molecule has 0 saturated heterocycles. The minimum absolute atomic E-state index is 0.0744. The monoisotopic (exact) mass is 472 g/mol. The van der Waals surface area contributed by atoms with Gasteiger partial charge in [-0.2, -0.15) is 25.3 Å². The van der Waals surface area contributed by atoms with Crippen LogP contribution in [0, 0.1) is 0 Å². The summed E-state index contributed by atoms with van der Waals surface area (Å²) in [4.78, 5) is 27.2. The number of benzene rings is 2. The molecule has 7 heteroatoms. The smallest absolute Gasteiger partial charge is 0.149 e. The van der Waals surface area contributed by atoms with Crippen molar-refractivity contribution in [1.82, 2.24) is 9.55 Å². The van der Waals surface area contributed by atoms with Crippen molar-refractivity contribution in [3.63, 3.8) is 0 Å².